The Bertz CT molecular complexity index is 1060. The summed E-state index contributed by atoms with van der Waals surface area (Å²) < 4.78 is 20.8. The molecule has 6 nitrogen and oxygen atoms in total. The number of rotatable bonds is 4. The van der Waals surface area contributed by atoms with Gasteiger partial charge in [-0.15, -0.1) is 10.2 Å². The molecule has 0 N–H and O–H groups in total. The predicted molar refractivity (Wildman–Crippen MR) is 114 cm³/mol. The molecule has 0 bridgehead atoms. The Hall–Kier alpha value is -2.87. The van der Waals surface area contributed by atoms with Crippen molar-refractivity contribution in [1.29, 1.82) is 0 Å². The molecule has 2 aromatic carbocycles. The van der Waals surface area contributed by atoms with E-state index in [0.29, 0.717) is 28.8 Å². The number of amides is 1. The summed E-state index contributed by atoms with van der Waals surface area (Å²) in [6, 6.07) is 13.6. The fraction of sp³-hybridized carbons (Fsp3) is 0.318. The molecule has 0 saturated carbocycles. The zero-order chi connectivity index (χ0) is 21.3. The van der Waals surface area contributed by atoms with Gasteiger partial charge in [-0.05, 0) is 35.2 Å². The average Bonchev–Trinajstić information content (AvgIpc) is 3.14. The summed E-state index contributed by atoms with van der Waals surface area (Å²) in [6.07, 6.45) is 0. The SMILES string of the molecule is CC(C)(C)c1ccc(C(=O)N2CCSc3nnc(COc4cccc(F)c4)n32)cc1. The Morgan fingerprint density at radius 1 is 1.17 bits per heavy atom. The number of nitrogens with zero attached hydrogens (tertiary/aromatic N) is 4. The van der Waals surface area contributed by atoms with Crippen molar-refractivity contribution in [2.75, 3.05) is 17.3 Å². The van der Waals surface area contributed by atoms with Gasteiger partial charge in [-0.2, -0.15) is 0 Å². The summed E-state index contributed by atoms with van der Waals surface area (Å²) in [5.41, 5.74) is 1.79. The van der Waals surface area contributed by atoms with Gasteiger partial charge in [0, 0.05) is 17.4 Å². The highest BCUT2D eigenvalue weighted by atomic mass is 32.2. The highest BCUT2D eigenvalue weighted by Gasteiger charge is 2.28. The van der Waals surface area contributed by atoms with Gasteiger partial charge in [-0.3, -0.25) is 4.79 Å². The minimum Gasteiger partial charge on any atom is -0.485 e. The van der Waals surface area contributed by atoms with E-state index in [1.54, 1.807) is 21.8 Å². The fourth-order valence-corrected chi connectivity index (χ4v) is 4.07. The number of carbonyl (C=O) groups excluding carboxylic acids is 1. The van der Waals surface area contributed by atoms with Crippen molar-refractivity contribution in [2.45, 2.75) is 37.9 Å². The zero-order valence-electron chi connectivity index (χ0n) is 17.1. The Balaban J connectivity index is 1.57. The van der Waals surface area contributed by atoms with Crippen LogP contribution in [0.3, 0.4) is 0 Å². The third kappa shape index (κ3) is 4.18. The molecule has 2 heterocycles. The summed E-state index contributed by atoms with van der Waals surface area (Å²) in [7, 11) is 0. The van der Waals surface area contributed by atoms with E-state index in [4.69, 9.17) is 4.74 Å². The van der Waals surface area contributed by atoms with Crippen molar-refractivity contribution in [3.63, 3.8) is 0 Å². The fourth-order valence-electron chi connectivity index (χ4n) is 3.20. The van der Waals surface area contributed by atoms with Crippen LogP contribution in [0.25, 0.3) is 0 Å². The predicted octanol–water partition coefficient (Wildman–Crippen LogP) is 4.18. The van der Waals surface area contributed by atoms with Gasteiger partial charge in [0.25, 0.3) is 5.91 Å². The van der Waals surface area contributed by atoms with Crippen LogP contribution in [0.1, 0.15) is 42.5 Å². The Kier molecular flexibility index (Phi) is 5.51. The number of thioether (sulfide) groups is 1. The van der Waals surface area contributed by atoms with Crippen LogP contribution in [0, 0.1) is 5.82 Å². The van der Waals surface area contributed by atoms with Gasteiger partial charge in [0.2, 0.25) is 5.16 Å². The number of ether oxygens (including phenoxy) is 1. The first-order valence-corrected chi connectivity index (χ1v) is 10.7. The van der Waals surface area contributed by atoms with Crippen LogP contribution in [0.2, 0.25) is 0 Å². The maximum absolute atomic E-state index is 13.4. The molecule has 1 aliphatic heterocycles. The van der Waals surface area contributed by atoms with Crippen LogP contribution < -0.4 is 9.75 Å². The third-order valence-corrected chi connectivity index (χ3v) is 5.75. The number of benzene rings is 2. The molecule has 30 heavy (non-hydrogen) atoms. The number of fused-ring (bicyclic) bond motifs is 1. The number of hydrogen-bond acceptors (Lipinski definition) is 5. The van der Waals surface area contributed by atoms with Crippen LogP contribution in [-0.4, -0.2) is 33.1 Å². The molecule has 0 atom stereocenters. The normalized spacial score (nSPS) is 13.8. The average molecular weight is 427 g/mol. The van der Waals surface area contributed by atoms with E-state index in [1.807, 2.05) is 24.3 Å². The molecule has 0 unspecified atom stereocenters. The van der Waals surface area contributed by atoms with Crippen molar-refractivity contribution >= 4 is 17.7 Å². The van der Waals surface area contributed by atoms with Gasteiger partial charge >= 0.3 is 0 Å². The van der Waals surface area contributed by atoms with Crippen LogP contribution in [0.4, 0.5) is 4.39 Å². The standard InChI is InChI=1S/C22H23FN4O2S/c1-22(2,3)16-9-7-15(8-10-16)20(28)26-11-12-30-21-25-24-19(27(21)26)14-29-18-6-4-5-17(23)13-18/h4-10,13H,11-12,14H2,1-3H3. The molecule has 0 fully saturated rings. The lowest BCUT2D eigenvalue weighted by Gasteiger charge is -2.29. The summed E-state index contributed by atoms with van der Waals surface area (Å²) >= 11 is 1.54. The molecule has 156 valence electrons. The molecule has 4 rings (SSSR count). The van der Waals surface area contributed by atoms with E-state index >= 15 is 0 Å². The first-order chi connectivity index (χ1) is 14.3. The first kappa shape index (κ1) is 20.4. The molecular formula is C22H23FN4O2S. The smallest absolute Gasteiger partial charge is 0.272 e. The van der Waals surface area contributed by atoms with Gasteiger partial charge in [0.05, 0.1) is 6.54 Å². The van der Waals surface area contributed by atoms with E-state index < -0.39 is 0 Å². The van der Waals surface area contributed by atoms with Crippen LogP contribution >= 0.6 is 11.8 Å². The lowest BCUT2D eigenvalue weighted by Crippen LogP contribution is -2.45. The van der Waals surface area contributed by atoms with E-state index in [9.17, 15) is 9.18 Å². The molecule has 0 aliphatic carbocycles. The van der Waals surface area contributed by atoms with Gasteiger partial charge in [-0.25, -0.2) is 14.1 Å². The number of hydrogen-bond donors (Lipinski definition) is 0. The van der Waals surface area contributed by atoms with Gasteiger partial charge < -0.3 is 4.74 Å². The van der Waals surface area contributed by atoms with E-state index in [1.165, 1.54) is 29.5 Å². The summed E-state index contributed by atoms with van der Waals surface area (Å²) in [5, 5.41) is 10.7. The van der Waals surface area contributed by atoms with Crippen LogP contribution in [0.5, 0.6) is 5.75 Å². The molecule has 0 saturated heterocycles. The summed E-state index contributed by atoms with van der Waals surface area (Å²) in [4.78, 5) is 13.2. The maximum atomic E-state index is 13.4. The third-order valence-electron chi connectivity index (χ3n) is 4.85. The largest absolute Gasteiger partial charge is 0.485 e. The minimum atomic E-state index is -0.373. The van der Waals surface area contributed by atoms with E-state index in [0.717, 1.165) is 5.75 Å². The highest BCUT2D eigenvalue weighted by Crippen LogP contribution is 2.26. The molecule has 1 amide bonds. The molecule has 0 spiro atoms. The summed E-state index contributed by atoms with van der Waals surface area (Å²) in [6.45, 7) is 7.02. The Morgan fingerprint density at radius 3 is 2.63 bits per heavy atom. The molecule has 1 aliphatic rings. The lowest BCUT2D eigenvalue weighted by atomic mass is 9.86. The van der Waals surface area contributed by atoms with Crippen LogP contribution in [-0.2, 0) is 12.0 Å². The summed E-state index contributed by atoms with van der Waals surface area (Å²) in [5.74, 6) is 1.12. The topological polar surface area (TPSA) is 60.3 Å². The van der Waals surface area contributed by atoms with Crippen molar-refractivity contribution < 1.29 is 13.9 Å². The molecule has 8 heteroatoms. The number of carbonyl (C=O) groups is 1. The Labute approximate surface area is 179 Å². The van der Waals surface area contributed by atoms with E-state index in [-0.39, 0.29) is 23.7 Å². The van der Waals surface area contributed by atoms with Gasteiger partial charge in [0.15, 0.2) is 5.82 Å². The molecular weight excluding hydrogens is 403 g/mol. The molecule has 1 aromatic heterocycles. The molecule has 3 aromatic rings. The van der Waals surface area contributed by atoms with Crippen molar-refractivity contribution in [3.05, 3.63) is 71.3 Å². The minimum absolute atomic E-state index is 0.0200. The highest BCUT2D eigenvalue weighted by molar-refractivity contribution is 7.99. The maximum Gasteiger partial charge on any atom is 0.272 e. The second-order valence-electron chi connectivity index (χ2n) is 8.06. The second kappa shape index (κ2) is 8.10. The second-order valence-corrected chi connectivity index (χ2v) is 9.12. The van der Waals surface area contributed by atoms with Crippen molar-refractivity contribution in [2.24, 2.45) is 0 Å². The lowest BCUT2D eigenvalue weighted by molar-refractivity contribution is 0.0952. The zero-order valence-corrected chi connectivity index (χ0v) is 17.9. The first-order valence-electron chi connectivity index (χ1n) is 9.71. The van der Waals surface area contributed by atoms with Crippen molar-refractivity contribution in [3.8, 4) is 5.75 Å². The van der Waals surface area contributed by atoms with Crippen molar-refractivity contribution in [1.82, 2.24) is 14.9 Å². The van der Waals surface area contributed by atoms with Crippen LogP contribution in [0.15, 0.2) is 53.7 Å². The number of aromatic nitrogens is 3. The van der Waals surface area contributed by atoms with E-state index in [2.05, 4.69) is 31.0 Å². The van der Waals surface area contributed by atoms with Gasteiger partial charge in [0.1, 0.15) is 18.2 Å². The van der Waals surface area contributed by atoms with Gasteiger partial charge in [-0.1, -0.05) is 50.7 Å². The monoisotopic (exact) mass is 426 g/mol. The molecule has 0 radical (unpaired) electrons. The number of halogens is 1. The quantitative estimate of drug-likeness (QED) is 0.626. The Morgan fingerprint density at radius 2 is 1.93 bits per heavy atom.